The maximum atomic E-state index is 9.90. The van der Waals surface area contributed by atoms with E-state index in [0.29, 0.717) is 19.0 Å². The minimum absolute atomic E-state index is 0.257. The van der Waals surface area contributed by atoms with Crippen LogP contribution in [0.15, 0.2) is 30.3 Å². The van der Waals surface area contributed by atoms with E-state index in [-0.39, 0.29) is 12.7 Å². The van der Waals surface area contributed by atoms with Crippen molar-refractivity contribution >= 4 is 0 Å². The van der Waals surface area contributed by atoms with Crippen LogP contribution in [-0.4, -0.2) is 54.1 Å². The van der Waals surface area contributed by atoms with E-state index >= 15 is 0 Å². The highest BCUT2D eigenvalue weighted by atomic mass is 16.5. The third kappa shape index (κ3) is 5.19. The van der Waals surface area contributed by atoms with Crippen LogP contribution in [0.3, 0.4) is 0 Å². The minimum atomic E-state index is -0.545. The Balaban J connectivity index is 1.64. The lowest BCUT2D eigenvalue weighted by atomic mass is 10.2. The number of hydrogen-bond acceptors (Lipinski definition) is 4. The summed E-state index contributed by atoms with van der Waals surface area (Å²) in [7, 11) is 1.91. The molecule has 0 bridgehead atoms. The first-order valence-electron chi connectivity index (χ1n) is 6.87. The highest BCUT2D eigenvalue weighted by Crippen LogP contribution is 2.32. The molecule has 1 aliphatic carbocycles. The Labute approximate surface area is 114 Å². The van der Waals surface area contributed by atoms with Crippen LogP contribution in [-0.2, 0) is 0 Å². The second-order valence-electron chi connectivity index (χ2n) is 5.40. The predicted octanol–water partition coefficient (Wildman–Crippen LogP) is 1.13. The van der Waals surface area contributed by atoms with E-state index in [1.807, 2.05) is 42.3 Å². The Hall–Kier alpha value is -1.10. The molecule has 0 amide bonds. The molecule has 0 aromatic heterocycles. The molecular weight excluding hydrogens is 242 g/mol. The smallest absolute Gasteiger partial charge is 0.119 e. The highest BCUT2D eigenvalue weighted by molar-refractivity contribution is 5.20. The van der Waals surface area contributed by atoms with Crippen LogP contribution in [0.2, 0.25) is 0 Å². The fourth-order valence-electron chi connectivity index (χ4n) is 2.15. The van der Waals surface area contributed by atoms with Gasteiger partial charge in [0.2, 0.25) is 0 Å². The molecule has 4 heteroatoms. The monoisotopic (exact) mass is 265 g/mol. The summed E-state index contributed by atoms with van der Waals surface area (Å²) < 4.78 is 5.49. The van der Waals surface area contributed by atoms with Crippen molar-refractivity contribution < 1.29 is 14.9 Å². The summed E-state index contributed by atoms with van der Waals surface area (Å²) >= 11 is 0. The second-order valence-corrected chi connectivity index (χ2v) is 5.40. The van der Waals surface area contributed by atoms with Crippen molar-refractivity contribution in [2.24, 2.45) is 5.92 Å². The van der Waals surface area contributed by atoms with Gasteiger partial charge in [0.25, 0.3) is 0 Å². The zero-order chi connectivity index (χ0) is 13.7. The van der Waals surface area contributed by atoms with E-state index in [1.54, 1.807) is 0 Å². The molecule has 0 radical (unpaired) electrons. The third-order valence-corrected chi connectivity index (χ3v) is 3.37. The molecule has 1 aliphatic rings. The van der Waals surface area contributed by atoms with Crippen molar-refractivity contribution in [3.8, 4) is 5.75 Å². The molecule has 0 aliphatic heterocycles. The number of benzene rings is 1. The normalized spacial score (nSPS) is 18.3. The zero-order valence-corrected chi connectivity index (χ0v) is 11.4. The standard InChI is InChI=1S/C15H23NO3/c1-16(10-15(18)12-7-8-12)9-13(17)11-19-14-5-3-2-4-6-14/h2-6,12-13,15,17-18H,7-11H2,1H3. The molecular formula is C15H23NO3. The van der Waals surface area contributed by atoms with Crippen LogP contribution in [0, 0.1) is 5.92 Å². The first-order valence-corrected chi connectivity index (χ1v) is 6.87. The average molecular weight is 265 g/mol. The maximum absolute atomic E-state index is 9.90. The molecule has 2 rings (SSSR count). The topological polar surface area (TPSA) is 52.9 Å². The van der Waals surface area contributed by atoms with E-state index in [4.69, 9.17) is 4.74 Å². The van der Waals surface area contributed by atoms with Crippen LogP contribution >= 0.6 is 0 Å². The summed E-state index contributed by atoms with van der Waals surface area (Å²) in [6.07, 6.45) is 1.47. The molecule has 106 valence electrons. The summed E-state index contributed by atoms with van der Waals surface area (Å²) in [6.45, 7) is 1.40. The fraction of sp³-hybridized carbons (Fsp3) is 0.600. The van der Waals surface area contributed by atoms with E-state index in [9.17, 15) is 10.2 Å². The molecule has 2 N–H and O–H groups in total. The summed E-state index contributed by atoms with van der Waals surface area (Å²) in [5, 5.41) is 19.7. The molecule has 2 atom stereocenters. The number of likely N-dealkylation sites (N-methyl/N-ethyl adjacent to an activating group) is 1. The third-order valence-electron chi connectivity index (χ3n) is 3.37. The molecule has 19 heavy (non-hydrogen) atoms. The van der Waals surface area contributed by atoms with Crippen molar-refractivity contribution in [1.29, 1.82) is 0 Å². The number of aliphatic hydroxyl groups excluding tert-OH is 2. The van der Waals surface area contributed by atoms with Crippen LogP contribution in [0.25, 0.3) is 0 Å². The Bertz CT molecular complexity index is 367. The Morgan fingerprint density at radius 2 is 1.89 bits per heavy atom. The van der Waals surface area contributed by atoms with E-state index in [2.05, 4.69) is 0 Å². The number of rotatable bonds is 8. The van der Waals surface area contributed by atoms with Gasteiger partial charge < -0.3 is 19.8 Å². The summed E-state index contributed by atoms with van der Waals surface area (Å²) in [5.74, 6) is 1.24. The maximum Gasteiger partial charge on any atom is 0.119 e. The highest BCUT2D eigenvalue weighted by Gasteiger charge is 2.30. The van der Waals surface area contributed by atoms with Gasteiger partial charge in [-0.25, -0.2) is 0 Å². The van der Waals surface area contributed by atoms with Gasteiger partial charge in [0.1, 0.15) is 18.5 Å². The largest absolute Gasteiger partial charge is 0.491 e. The Morgan fingerprint density at radius 1 is 1.21 bits per heavy atom. The fourth-order valence-corrected chi connectivity index (χ4v) is 2.15. The lowest BCUT2D eigenvalue weighted by Crippen LogP contribution is -2.38. The van der Waals surface area contributed by atoms with Crippen LogP contribution in [0.1, 0.15) is 12.8 Å². The van der Waals surface area contributed by atoms with Gasteiger partial charge in [-0.3, -0.25) is 0 Å². The number of hydrogen-bond donors (Lipinski definition) is 2. The van der Waals surface area contributed by atoms with Crippen LogP contribution < -0.4 is 4.74 Å². The number of ether oxygens (including phenoxy) is 1. The molecule has 0 spiro atoms. The van der Waals surface area contributed by atoms with E-state index in [1.165, 1.54) is 0 Å². The Morgan fingerprint density at radius 3 is 2.53 bits per heavy atom. The first-order chi connectivity index (χ1) is 9.15. The molecule has 0 heterocycles. The lowest BCUT2D eigenvalue weighted by molar-refractivity contribution is 0.0509. The Kier molecular flexibility index (Phi) is 5.19. The molecule has 1 saturated carbocycles. The first kappa shape index (κ1) is 14.3. The van der Waals surface area contributed by atoms with Gasteiger partial charge in [-0.1, -0.05) is 18.2 Å². The molecule has 1 aromatic rings. The van der Waals surface area contributed by atoms with Crippen molar-refractivity contribution in [2.45, 2.75) is 25.0 Å². The average Bonchev–Trinajstić information content (AvgIpc) is 3.21. The van der Waals surface area contributed by atoms with Crippen molar-refractivity contribution in [2.75, 3.05) is 26.7 Å². The number of para-hydroxylation sites is 1. The molecule has 1 fully saturated rings. The van der Waals surface area contributed by atoms with Crippen molar-refractivity contribution in [3.63, 3.8) is 0 Å². The van der Waals surface area contributed by atoms with Gasteiger partial charge in [0, 0.05) is 13.1 Å². The van der Waals surface area contributed by atoms with Gasteiger partial charge in [-0.05, 0) is 37.9 Å². The van der Waals surface area contributed by atoms with Gasteiger partial charge in [0.05, 0.1) is 6.10 Å². The van der Waals surface area contributed by atoms with Gasteiger partial charge >= 0.3 is 0 Å². The predicted molar refractivity (Wildman–Crippen MR) is 74.2 cm³/mol. The molecule has 0 saturated heterocycles. The van der Waals surface area contributed by atoms with Gasteiger partial charge in [-0.15, -0.1) is 0 Å². The minimum Gasteiger partial charge on any atom is -0.491 e. The zero-order valence-electron chi connectivity index (χ0n) is 11.4. The summed E-state index contributed by atoms with van der Waals surface area (Å²) in [5.41, 5.74) is 0. The van der Waals surface area contributed by atoms with Crippen molar-refractivity contribution in [1.82, 2.24) is 4.90 Å². The molecule has 4 nitrogen and oxygen atoms in total. The number of aliphatic hydroxyl groups is 2. The SMILES string of the molecule is CN(CC(O)COc1ccccc1)CC(O)C1CC1. The second kappa shape index (κ2) is 6.89. The van der Waals surface area contributed by atoms with Gasteiger partial charge in [-0.2, -0.15) is 0 Å². The summed E-state index contributed by atoms with van der Waals surface area (Å²) in [4.78, 5) is 1.96. The van der Waals surface area contributed by atoms with Crippen molar-refractivity contribution in [3.05, 3.63) is 30.3 Å². The lowest BCUT2D eigenvalue weighted by Gasteiger charge is -2.23. The van der Waals surface area contributed by atoms with E-state index in [0.717, 1.165) is 18.6 Å². The molecule has 2 unspecified atom stereocenters. The van der Waals surface area contributed by atoms with Crippen LogP contribution in [0.4, 0.5) is 0 Å². The van der Waals surface area contributed by atoms with E-state index < -0.39 is 6.10 Å². The summed E-state index contributed by atoms with van der Waals surface area (Å²) in [6, 6.07) is 9.47. The van der Waals surface area contributed by atoms with Crippen LogP contribution in [0.5, 0.6) is 5.75 Å². The number of nitrogens with zero attached hydrogens (tertiary/aromatic N) is 1. The van der Waals surface area contributed by atoms with Gasteiger partial charge in [0.15, 0.2) is 0 Å². The quantitative estimate of drug-likeness (QED) is 0.740. The molecule has 1 aromatic carbocycles.